The highest BCUT2D eigenvalue weighted by Gasteiger charge is 2.68. The van der Waals surface area contributed by atoms with Gasteiger partial charge in [-0.15, -0.1) is 0 Å². The number of hydrogen-bond acceptors (Lipinski definition) is 5. The van der Waals surface area contributed by atoms with Crippen LogP contribution in [0, 0.1) is 11.8 Å². The molecule has 1 aromatic carbocycles. The molecule has 0 aromatic heterocycles. The maximum atomic E-state index is 12.8. The van der Waals surface area contributed by atoms with Gasteiger partial charge in [-0.2, -0.15) is 0 Å². The molecule has 0 radical (unpaired) electrons. The van der Waals surface area contributed by atoms with Gasteiger partial charge in [0.1, 0.15) is 12.2 Å². The van der Waals surface area contributed by atoms with Crippen LogP contribution in [0.4, 0.5) is 0 Å². The first-order valence-electron chi connectivity index (χ1n) is 9.43. The fraction of sp³-hybridized carbons (Fsp3) is 0.550. The van der Waals surface area contributed by atoms with Crippen molar-refractivity contribution in [3.8, 4) is 0 Å². The number of unbranched alkanes of at least 4 members (excludes halogenated alkanes) is 1. The third-order valence-corrected chi connectivity index (χ3v) is 7.58. The molecule has 0 amide bonds. The van der Waals surface area contributed by atoms with E-state index in [9.17, 15) is 13.2 Å². The molecule has 0 spiro atoms. The summed E-state index contributed by atoms with van der Waals surface area (Å²) in [6.07, 6.45) is 6.26. The number of aliphatic carboxylic acids is 1. The molecule has 1 aromatic rings. The lowest BCUT2D eigenvalue weighted by Crippen LogP contribution is -2.37. The number of epoxide rings is 1. The van der Waals surface area contributed by atoms with Gasteiger partial charge in [0.15, 0.2) is 9.84 Å². The van der Waals surface area contributed by atoms with E-state index in [1.54, 1.807) is 30.3 Å². The highest BCUT2D eigenvalue weighted by molar-refractivity contribution is 7.91. The fourth-order valence-corrected chi connectivity index (χ4v) is 6.13. The lowest BCUT2D eigenvalue weighted by molar-refractivity contribution is -0.137. The second-order valence-electron chi connectivity index (χ2n) is 7.55. The van der Waals surface area contributed by atoms with Crippen molar-refractivity contribution in [2.24, 2.45) is 11.8 Å². The summed E-state index contributed by atoms with van der Waals surface area (Å²) in [5.74, 6) is -0.670. The summed E-state index contributed by atoms with van der Waals surface area (Å²) in [6, 6.07) is 8.55. The van der Waals surface area contributed by atoms with Crippen molar-refractivity contribution in [2.75, 3.05) is 5.75 Å². The fourth-order valence-electron chi connectivity index (χ4n) is 4.42. The number of carboxylic acid groups (broad SMARTS) is 1. The summed E-state index contributed by atoms with van der Waals surface area (Å²) in [4.78, 5) is 10.9. The highest BCUT2D eigenvalue weighted by atomic mass is 32.2. The van der Waals surface area contributed by atoms with Crippen molar-refractivity contribution in [1.82, 2.24) is 0 Å². The molecule has 1 N–H and O–H groups in total. The minimum absolute atomic E-state index is 0.0281. The molecule has 3 saturated heterocycles. The van der Waals surface area contributed by atoms with E-state index in [1.807, 2.05) is 12.2 Å². The Morgan fingerprint density at radius 1 is 1.00 bits per heavy atom. The van der Waals surface area contributed by atoms with Crippen LogP contribution in [0.1, 0.15) is 25.7 Å². The van der Waals surface area contributed by atoms with Crippen LogP contribution in [0.2, 0.25) is 0 Å². The summed E-state index contributed by atoms with van der Waals surface area (Å²) >= 11 is 0. The van der Waals surface area contributed by atoms with E-state index >= 15 is 0 Å². The third-order valence-electron chi connectivity index (χ3n) is 5.77. The van der Waals surface area contributed by atoms with Gasteiger partial charge in [0.25, 0.3) is 0 Å². The van der Waals surface area contributed by atoms with Crippen molar-refractivity contribution in [1.29, 1.82) is 0 Å². The zero-order chi connectivity index (χ0) is 19.0. The number of hydrogen-bond donors (Lipinski definition) is 1. The standard InChI is InChI=1S/C20H24O6S/c21-16(22)11-7-2-1-6-10-14-15(18-20-19(26-20)17(14)25-18)12-27(23,24)13-8-4-3-5-9-13/h1,3-6,8-9,14-15,17-20H,2,7,10-12H2,(H,21,22)/b6-1-/t14-,15+,17+,18-,19-,20+/m0/s1. The molecule has 0 saturated carbocycles. The minimum Gasteiger partial charge on any atom is -0.481 e. The Morgan fingerprint density at radius 2 is 1.67 bits per heavy atom. The SMILES string of the molecule is O=C(O)CCC/C=C\C[C@H]1[C@@H](CS(=O)(=O)c2ccccc2)[C@@H]2O[C@H]1[C@@H]1O[C@@H]12. The molecule has 6 nitrogen and oxygen atoms in total. The lowest BCUT2D eigenvalue weighted by Gasteiger charge is -2.25. The number of ether oxygens (including phenoxy) is 2. The molecule has 6 atom stereocenters. The Balaban J connectivity index is 1.41. The Labute approximate surface area is 159 Å². The highest BCUT2D eigenvalue weighted by Crippen LogP contribution is 2.55. The van der Waals surface area contributed by atoms with E-state index in [-0.39, 0.29) is 48.4 Å². The average Bonchev–Trinajstić information content (AvgIpc) is 3.27. The Bertz CT molecular complexity index is 818. The van der Waals surface area contributed by atoms with Crippen LogP contribution in [0.3, 0.4) is 0 Å². The molecule has 3 aliphatic rings. The second kappa shape index (κ2) is 7.37. The second-order valence-corrected chi connectivity index (χ2v) is 9.58. The van der Waals surface area contributed by atoms with Gasteiger partial charge < -0.3 is 14.6 Å². The first-order chi connectivity index (χ1) is 13.0. The summed E-state index contributed by atoms with van der Waals surface area (Å²) in [5, 5.41) is 8.67. The monoisotopic (exact) mass is 392 g/mol. The van der Waals surface area contributed by atoms with Crippen molar-refractivity contribution < 1.29 is 27.8 Å². The van der Waals surface area contributed by atoms with E-state index in [4.69, 9.17) is 14.6 Å². The van der Waals surface area contributed by atoms with Gasteiger partial charge in [0.2, 0.25) is 0 Å². The number of fused-ring (bicyclic) bond motifs is 5. The zero-order valence-electron chi connectivity index (χ0n) is 14.9. The first-order valence-corrected chi connectivity index (χ1v) is 11.1. The third kappa shape index (κ3) is 3.81. The molecule has 2 bridgehead atoms. The van der Waals surface area contributed by atoms with Crippen LogP contribution in [0.5, 0.6) is 0 Å². The molecule has 3 aliphatic heterocycles. The molecular weight excluding hydrogens is 368 g/mol. The van der Waals surface area contributed by atoms with Gasteiger partial charge in [-0.3, -0.25) is 4.79 Å². The van der Waals surface area contributed by atoms with Gasteiger partial charge in [-0.05, 0) is 37.3 Å². The van der Waals surface area contributed by atoms with Crippen molar-refractivity contribution in [3.63, 3.8) is 0 Å². The van der Waals surface area contributed by atoms with Gasteiger partial charge in [0.05, 0.1) is 22.9 Å². The van der Waals surface area contributed by atoms with Crippen molar-refractivity contribution in [2.45, 2.75) is 55.0 Å². The van der Waals surface area contributed by atoms with E-state index < -0.39 is 15.8 Å². The number of allylic oxidation sites excluding steroid dienone is 2. The number of benzene rings is 1. The summed E-state index contributed by atoms with van der Waals surface area (Å²) < 4.78 is 37.4. The van der Waals surface area contributed by atoms with E-state index in [2.05, 4.69) is 0 Å². The van der Waals surface area contributed by atoms with Gasteiger partial charge in [0, 0.05) is 12.3 Å². The minimum atomic E-state index is -3.38. The smallest absolute Gasteiger partial charge is 0.303 e. The molecule has 3 fully saturated rings. The Morgan fingerprint density at radius 3 is 2.37 bits per heavy atom. The molecular formula is C20H24O6S. The van der Waals surface area contributed by atoms with Crippen LogP contribution in [-0.2, 0) is 24.1 Å². The maximum Gasteiger partial charge on any atom is 0.303 e. The van der Waals surface area contributed by atoms with Crippen LogP contribution < -0.4 is 0 Å². The van der Waals surface area contributed by atoms with Crippen LogP contribution in [0.25, 0.3) is 0 Å². The molecule has 146 valence electrons. The first kappa shape index (κ1) is 18.7. The molecule has 4 rings (SSSR count). The number of carboxylic acids is 1. The molecule has 7 heteroatoms. The average molecular weight is 392 g/mol. The normalized spacial score (nSPS) is 34.1. The topological polar surface area (TPSA) is 93.2 Å². The van der Waals surface area contributed by atoms with Gasteiger partial charge >= 0.3 is 5.97 Å². The summed E-state index contributed by atoms with van der Waals surface area (Å²) in [7, 11) is -3.38. The van der Waals surface area contributed by atoms with Gasteiger partial charge in [-0.1, -0.05) is 30.4 Å². The Kier molecular flexibility index (Phi) is 5.09. The van der Waals surface area contributed by atoms with Crippen molar-refractivity contribution in [3.05, 3.63) is 42.5 Å². The van der Waals surface area contributed by atoms with Crippen LogP contribution in [0.15, 0.2) is 47.4 Å². The van der Waals surface area contributed by atoms with Crippen molar-refractivity contribution >= 4 is 15.8 Å². The van der Waals surface area contributed by atoms with Gasteiger partial charge in [-0.25, -0.2) is 8.42 Å². The maximum absolute atomic E-state index is 12.8. The number of carbonyl (C=O) groups is 1. The number of sulfone groups is 1. The largest absolute Gasteiger partial charge is 0.481 e. The lowest BCUT2D eigenvalue weighted by atomic mass is 9.78. The Hall–Kier alpha value is -1.70. The van der Waals surface area contributed by atoms with E-state index in [0.717, 1.165) is 6.42 Å². The molecule has 27 heavy (non-hydrogen) atoms. The molecule has 3 heterocycles. The van der Waals surface area contributed by atoms with Crippen LogP contribution in [-0.4, -0.2) is 49.7 Å². The summed E-state index contributed by atoms with van der Waals surface area (Å²) in [5.41, 5.74) is 0. The summed E-state index contributed by atoms with van der Waals surface area (Å²) in [6.45, 7) is 0. The molecule has 0 aliphatic carbocycles. The quantitative estimate of drug-likeness (QED) is 0.394. The molecule has 0 unspecified atom stereocenters. The number of rotatable bonds is 9. The zero-order valence-corrected chi connectivity index (χ0v) is 15.8. The predicted octanol–water partition coefficient (Wildman–Crippen LogP) is 2.44. The van der Waals surface area contributed by atoms with Crippen LogP contribution >= 0.6 is 0 Å². The van der Waals surface area contributed by atoms with E-state index in [0.29, 0.717) is 17.7 Å². The predicted molar refractivity (Wildman–Crippen MR) is 98.0 cm³/mol. The van der Waals surface area contributed by atoms with E-state index in [1.165, 1.54) is 0 Å².